The Kier molecular flexibility index (Phi) is 4.87. The van der Waals surface area contributed by atoms with Gasteiger partial charge < -0.3 is 14.7 Å². The van der Waals surface area contributed by atoms with Gasteiger partial charge >= 0.3 is 10.1 Å². The van der Waals surface area contributed by atoms with E-state index in [2.05, 4.69) is 0 Å². The molecule has 0 saturated heterocycles. The predicted octanol–water partition coefficient (Wildman–Crippen LogP) is 0.537. The SMILES string of the molecule is [B]C([B])(c1ccccc1)S(=O)(=O)OC1=C(N)O[C@]([B])(c2ccccc2C)C1=O. The van der Waals surface area contributed by atoms with Crippen LogP contribution in [0.2, 0.25) is 0 Å². The zero-order valence-corrected chi connectivity index (χ0v) is 15.8. The number of ketones is 1. The quantitative estimate of drug-likeness (QED) is 0.593. The summed E-state index contributed by atoms with van der Waals surface area (Å²) in [6, 6.07) is 14.3. The summed E-state index contributed by atoms with van der Waals surface area (Å²) in [4.78, 5) is 12.9. The molecule has 28 heavy (non-hydrogen) atoms. The molecule has 1 aliphatic heterocycles. The van der Waals surface area contributed by atoms with Gasteiger partial charge in [0.1, 0.15) is 7.85 Å². The van der Waals surface area contributed by atoms with Crippen molar-refractivity contribution in [3.63, 3.8) is 0 Å². The van der Waals surface area contributed by atoms with E-state index in [1.807, 2.05) is 0 Å². The van der Waals surface area contributed by atoms with Crippen LogP contribution in [0.25, 0.3) is 0 Å². The van der Waals surface area contributed by atoms with E-state index >= 15 is 0 Å². The first kappa shape index (κ1) is 20.1. The van der Waals surface area contributed by atoms with E-state index < -0.39 is 37.6 Å². The van der Waals surface area contributed by atoms with E-state index in [0.717, 1.165) is 0 Å². The van der Waals surface area contributed by atoms with Gasteiger partial charge in [-0.3, -0.25) is 4.79 Å². The molecule has 2 aromatic rings. The molecule has 2 aromatic carbocycles. The number of rotatable bonds is 5. The predicted molar refractivity (Wildman–Crippen MR) is 106 cm³/mol. The number of carbonyl (C=O) groups excluding carboxylic acids is 1. The van der Waals surface area contributed by atoms with Crippen LogP contribution in [0.5, 0.6) is 0 Å². The Morgan fingerprint density at radius 2 is 1.64 bits per heavy atom. The molecule has 6 nitrogen and oxygen atoms in total. The molecular formula is C18H14B3NO5S. The van der Waals surface area contributed by atoms with E-state index in [-0.39, 0.29) is 5.56 Å². The summed E-state index contributed by atoms with van der Waals surface area (Å²) in [5.41, 5.74) is 4.69. The van der Waals surface area contributed by atoms with Gasteiger partial charge in [-0.2, -0.15) is 8.42 Å². The topological polar surface area (TPSA) is 95.7 Å². The lowest BCUT2D eigenvalue weighted by atomic mass is 9.65. The summed E-state index contributed by atoms with van der Waals surface area (Å²) in [6.45, 7) is 1.71. The second-order valence-electron chi connectivity index (χ2n) is 6.37. The lowest BCUT2D eigenvalue weighted by Gasteiger charge is -2.27. The molecule has 3 rings (SSSR count). The Balaban J connectivity index is 1.96. The summed E-state index contributed by atoms with van der Waals surface area (Å²) in [6.07, 6.45) is 0. The lowest BCUT2D eigenvalue weighted by molar-refractivity contribution is -0.126. The van der Waals surface area contributed by atoms with Crippen LogP contribution < -0.4 is 5.73 Å². The summed E-state index contributed by atoms with van der Waals surface area (Å²) in [5, 5.41) is 0. The van der Waals surface area contributed by atoms with Crippen LogP contribution in [0.3, 0.4) is 0 Å². The maximum atomic E-state index is 12.9. The van der Waals surface area contributed by atoms with Crippen LogP contribution in [0.1, 0.15) is 16.7 Å². The van der Waals surface area contributed by atoms with Gasteiger partial charge in [-0.25, -0.2) is 0 Å². The van der Waals surface area contributed by atoms with Gasteiger partial charge in [0.05, 0.1) is 20.2 Å². The number of aryl methyl sites for hydroxylation is 1. The zero-order valence-electron chi connectivity index (χ0n) is 15.0. The van der Waals surface area contributed by atoms with E-state index in [1.165, 1.54) is 12.1 Å². The Morgan fingerprint density at radius 3 is 2.25 bits per heavy atom. The van der Waals surface area contributed by atoms with Crippen LogP contribution in [0.4, 0.5) is 0 Å². The molecule has 0 unspecified atom stereocenters. The first-order valence-electron chi connectivity index (χ1n) is 8.16. The number of benzene rings is 2. The minimum atomic E-state index is -4.74. The second kappa shape index (κ2) is 6.77. The van der Waals surface area contributed by atoms with Crippen LogP contribution in [0.15, 0.2) is 66.2 Å². The van der Waals surface area contributed by atoms with Crippen molar-refractivity contribution >= 4 is 39.4 Å². The molecule has 6 radical (unpaired) electrons. The molecule has 1 aliphatic rings. The number of hydrogen-bond acceptors (Lipinski definition) is 6. The smallest absolute Gasteiger partial charge is 0.302 e. The third-order valence-electron chi connectivity index (χ3n) is 4.42. The van der Waals surface area contributed by atoms with Crippen molar-refractivity contribution in [2.45, 2.75) is 17.0 Å². The van der Waals surface area contributed by atoms with Crippen molar-refractivity contribution in [1.29, 1.82) is 0 Å². The Hall–Kier alpha value is -2.61. The fourth-order valence-corrected chi connectivity index (χ4v) is 3.75. The maximum Gasteiger partial charge on any atom is 0.302 e. The lowest BCUT2D eigenvalue weighted by Crippen LogP contribution is -2.40. The van der Waals surface area contributed by atoms with E-state index in [4.69, 9.17) is 38.2 Å². The minimum absolute atomic E-state index is 0.0541. The van der Waals surface area contributed by atoms with E-state index in [1.54, 1.807) is 49.4 Å². The molecule has 10 heteroatoms. The molecule has 1 heterocycles. The third kappa shape index (κ3) is 3.11. The summed E-state index contributed by atoms with van der Waals surface area (Å²) in [7, 11) is 13.0. The number of nitrogens with two attached hydrogens (primary N) is 1. The maximum absolute atomic E-state index is 12.9. The highest BCUT2D eigenvalue weighted by Crippen LogP contribution is 2.38. The normalized spacial score (nSPS) is 20.1. The largest absolute Gasteiger partial charge is 0.467 e. The zero-order chi connectivity index (χ0) is 20.7. The Bertz CT molecular complexity index is 1070. The number of carbonyl (C=O) groups is 1. The first-order chi connectivity index (χ1) is 13.0. The van der Waals surface area contributed by atoms with Crippen molar-refractivity contribution in [3.8, 4) is 0 Å². The molecule has 0 spiro atoms. The second-order valence-corrected chi connectivity index (χ2v) is 8.12. The molecular weight excluding hydrogens is 375 g/mol. The number of hydrogen-bond donors (Lipinski definition) is 1. The van der Waals surface area contributed by atoms with Crippen molar-refractivity contribution in [3.05, 3.63) is 82.9 Å². The van der Waals surface area contributed by atoms with E-state index in [9.17, 15) is 13.2 Å². The molecule has 0 aliphatic carbocycles. The number of Topliss-reactive ketones (excluding diaryl/α,β-unsaturated/α-hetero) is 1. The third-order valence-corrected chi connectivity index (χ3v) is 5.86. The summed E-state index contributed by atoms with van der Waals surface area (Å²) >= 11 is 0. The highest BCUT2D eigenvalue weighted by Gasteiger charge is 2.50. The average molecular weight is 389 g/mol. The van der Waals surface area contributed by atoms with Crippen LogP contribution in [0, 0.1) is 6.92 Å². The van der Waals surface area contributed by atoms with Crippen molar-refractivity contribution in [2.75, 3.05) is 0 Å². The molecule has 0 fully saturated rings. The van der Waals surface area contributed by atoms with Gasteiger partial charge in [-0.15, -0.1) is 0 Å². The fraction of sp³-hybridized carbons (Fsp3) is 0.167. The monoisotopic (exact) mass is 389 g/mol. The van der Waals surface area contributed by atoms with E-state index in [0.29, 0.717) is 11.1 Å². The van der Waals surface area contributed by atoms with Gasteiger partial charge in [0.15, 0.2) is 5.50 Å². The highest BCUT2D eigenvalue weighted by molar-refractivity contribution is 7.90. The summed E-state index contributed by atoms with van der Waals surface area (Å²) in [5.74, 6) is -2.32. The van der Waals surface area contributed by atoms with Crippen molar-refractivity contribution in [1.82, 2.24) is 0 Å². The summed E-state index contributed by atoms with van der Waals surface area (Å²) < 4.78 is 33.2. The van der Waals surface area contributed by atoms with Gasteiger partial charge in [0.25, 0.3) is 0 Å². The first-order valence-corrected chi connectivity index (χ1v) is 9.57. The molecule has 0 aromatic heterocycles. The van der Waals surface area contributed by atoms with Gasteiger partial charge in [-0.1, -0.05) is 54.6 Å². The van der Waals surface area contributed by atoms with Gasteiger partial charge in [-0.05, 0) is 23.6 Å². The minimum Gasteiger partial charge on any atom is -0.467 e. The standard InChI is InChI=1S/C18H14B3NO5S/c1-11-7-5-6-10-13(11)17(19)15(23)14(16(22)26-17)27-28(24,25)18(20,21)12-8-3-2-4-9-12/h2-10H,22H2,1H3/t17-/m1/s1. The van der Waals surface area contributed by atoms with Gasteiger partial charge in [0.2, 0.25) is 17.4 Å². The Labute approximate surface area is 167 Å². The Morgan fingerprint density at radius 1 is 1.07 bits per heavy atom. The molecule has 1 atom stereocenters. The van der Waals surface area contributed by atoms with Crippen LogP contribution in [-0.4, -0.2) is 37.7 Å². The van der Waals surface area contributed by atoms with Crippen molar-refractivity contribution < 1.29 is 22.1 Å². The highest BCUT2D eigenvalue weighted by atomic mass is 32.2. The molecule has 136 valence electrons. The fourth-order valence-electron chi connectivity index (χ4n) is 2.81. The molecule has 0 saturated carbocycles. The average Bonchev–Trinajstić information content (AvgIpc) is 2.86. The number of ether oxygens (including phenoxy) is 1. The van der Waals surface area contributed by atoms with Crippen molar-refractivity contribution in [2.24, 2.45) is 5.73 Å². The molecule has 2 N–H and O–H groups in total. The van der Waals surface area contributed by atoms with Crippen LogP contribution >= 0.6 is 0 Å². The van der Waals surface area contributed by atoms with Gasteiger partial charge in [0, 0.05) is 0 Å². The van der Waals surface area contributed by atoms with Crippen LogP contribution in [-0.2, 0) is 33.9 Å². The molecule has 0 amide bonds. The molecule has 0 bridgehead atoms.